The molecule has 21 heavy (non-hydrogen) atoms. The van der Waals surface area contributed by atoms with Gasteiger partial charge in [-0.3, -0.25) is 4.57 Å². The fourth-order valence-electron chi connectivity index (χ4n) is 1.93. The summed E-state index contributed by atoms with van der Waals surface area (Å²) in [5.74, 6) is -2.36. The largest absolute Gasteiger partial charge is 0.461 e. The van der Waals surface area contributed by atoms with Gasteiger partial charge in [0.2, 0.25) is 0 Å². The van der Waals surface area contributed by atoms with Crippen LogP contribution >= 0.6 is 11.6 Å². The quantitative estimate of drug-likeness (QED) is 0.884. The molecule has 0 amide bonds. The highest BCUT2D eigenvalue weighted by molar-refractivity contribution is 6.32. The zero-order valence-electron chi connectivity index (χ0n) is 11.3. The lowest BCUT2D eigenvalue weighted by molar-refractivity contribution is 0.0521. The second-order valence-corrected chi connectivity index (χ2v) is 4.57. The van der Waals surface area contributed by atoms with Gasteiger partial charge in [-0.1, -0.05) is 11.6 Å². The summed E-state index contributed by atoms with van der Waals surface area (Å²) in [4.78, 5) is 15.7. The molecule has 0 saturated carbocycles. The molecule has 1 heterocycles. The monoisotopic (exact) mass is 315 g/mol. The van der Waals surface area contributed by atoms with E-state index in [0.29, 0.717) is 6.07 Å². The molecule has 0 fully saturated rings. The first-order chi connectivity index (χ1) is 9.86. The minimum atomic E-state index is -0.914. The molecule has 0 spiro atoms. The van der Waals surface area contributed by atoms with Crippen LogP contribution in [0.4, 0.5) is 14.6 Å². The Kier molecular flexibility index (Phi) is 4.13. The number of carbonyl (C=O) groups excluding carboxylic acids is 1. The van der Waals surface area contributed by atoms with Crippen LogP contribution in [0, 0.1) is 18.6 Å². The van der Waals surface area contributed by atoms with E-state index >= 15 is 0 Å². The van der Waals surface area contributed by atoms with Gasteiger partial charge in [0.25, 0.3) is 0 Å². The molecule has 112 valence electrons. The van der Waals surface area contributed by atoms with Crippen molar-refractivity contribution >= 4 is 23.4 Å². The predicted molar refractivity (Wildman–Crippen MR) is 73.6 cm³/mol. The number of nitrogens with zero attached hydrogens (tertiary/aromatic N) is 2. The van der Waals surface area contributed by atoms with Gasteiger partial charge in [-0.25, -0.2) is 18.6 Å². The molecule has 1 aromatic carbocycles. The number of esters is 1. The maximum Gasteiger partial charge on any atom is 0.360 e. The van der Waals surface area contributed by atoms with Gasteiger partial charge in [-0.2, -0.15) is 0 Å². The smallest absolute Gasteiger partial charge is 0.360 e. The van der Waals surface area contributed by atoms with Gasteiger partial charge >= 0.3 is 5.97 Å². The molecule has 5 nitrogen and oxygen atoms in total. The molecule has 0 atom stereocenters. The van der Waals surface area contributed by atoms with Crippen LogP contribution in [-0.2, 0) is 4.74 Å². The standard InChI is InChI=1S/C13H12ClF2N3O2/c1-3-21-13(20)10-12(17)19(6(2)18-10)11-8(14)4-7(15)5-9(11)16/h4-5H,3,17H2,1-2H3. The Hall–Kier alpha value is -2.15. The average Bonchev–Trinajstić information content (AvgIpc) is 2.66. The molecule has 1 aromatic heterocycles. The van der Waals surface area contributed by atoms with Gasteiger partial charge in [-0.05, 0) is 19.9 Å². The lowest BCUT2D eigenvalue weighted by Gasteiger charge is -2.11. The molecule has 2 N–H and O–H groups in total. The van der Waals surface area contributed by atoms with Crippen molar-refractivity contribution in [2.45, 2.75) is 13.8 Å². The van der Waals surface area contributed by atoms with Gasteiger partial charge in [-0.15, -0.1) is 0 Å². The van der Waals surface area contributed by atoms with E-state index in [4.69, 9.17) is 22.1 Å². The van der Waals surface area contributed by atoms with Crippen molar-refractivity contribution in [2.24, 2.45) is 0 Å². The SMILES string of the molecule is CCOC(=O)c1nc(C)n(-c2c(F)cc(F)cc2Cl)c1N. The Labute approximate surface area is 124 Å². The summed E-state index contributed by atoms with van der Waals surface area (Å²) in [5, 5.41) is -0.185. The summed E-state index contributed by atoms with van der Waals surface area (Å²) in [6.07, 6.45) is 0. The number of nitrogen functional groups attached to an aromatic ring is 1. The maximum absolute atomic E-state index is 14.0. The van der Waals surface area contributed by atoms with Gasteiger partial charge in [0.05, 0.1) is 11.6 Å². The molecule has 0 aliphatic heterocycles. The first-order valence-corrected chi connectivity index (χ1v) is 6.41. The molecular formula is C13H12ClF2N3O2. The van der Waals surface area contributed by atoms with Crippen molar-refractivity contribution in [3.05, 3.63) is 40.3 Å². The van der Waals surface area contributed by atoms with Crippen molar-refractivity contribution in [1.29, 1.82) is 0 Å². The number of nitrogens with two attached hydrogens (primary N) is 1. The van der Waals surface area contributed by atoms with Crippen molar-refractivity contribution in [3.63, 3.8) is 0 Å². The molecule has 0 aliphatic rings. The number of benzene rings is 1. The highest BCUT2D eigenvalue weighted by Gasteiger charge is 2.24. The number of carbonyl (C=O) groups is 1. The second-order valence-electron chi connectivity index (χ2n) is 4.17. The molecule has 0 saturated heterocycles. The summed E-state index contributed by atoms with van der Waals surface area (Å²) in [6, 6.07) is 1.62. The van der Waals surface area contributed by atoms with E-state index in [1.165, 1.54) is 6.92 Å². The van der Waals surface area contributed by atoms with Gasteiger partial charge < -0.3 is 10.5 Å². The first kappa shape index (κ1) is 15.2. The van der Waals surface area contributed by atoms with Crippen LogP contribution in [0.5, 0.6) is 0 Å². The molecule has 2 rings (SSSR count). The highest BCUT2D eigenvalue weighted by Crippen LogP contribution is 2.30. The number of halogens is 3. The maximum atomic E-state index is 14.0. The number of hydrogen-bond donors (Lipinski definition) is 1. The molecular weight excluding hydrogens is 304 g/mol. The fourth-order valence-corrected chi connectivity index (χ4v) is 2.21. The van der Waals surface area contributed by atoms with E-state index in [1.807, 2.05) is 0 Å². The Balaban J connectivity index is 2.64. The number of imidazole rings is 1. The topological polar surface area (TPSA) is 70.1 Å². The summed E-state index contributed by atoms with van der Waals surface area (Å²) >= 11 is 5.86. The van der Waals surface area contributed by atoms with Gasteiger partial charge in [0.1, 0.15) is 23.1 Å². The normalized spacial score (nSPS) is 10.7. The van der Waals surface area contributed by atoms with Crippen LogP contribution in [0.3, 0.4) is 0 Å². The van der Waals surface area contributed by atoms with E-state index in [9.17, 15) is 13.6 Å². The summed E-state index contributed by atoms with van der Waals surface area (Å²) < 4.78 is 33.0. The Morgan fingerprint density at radius 3 is 2.71 bits per heavy atom. The van der Waals surface area contributed by atoms with Crippen molar-refractivity contribution < 1.29 is 18.3 Å². The number of ether oxygens (including phenoxy) is 1. The van der Waals surface area contributed by atoms with Crippen LogP contribution in [0.1, 0.15) is 23.2 Å². The molecule has 0 aliphatic carbocycles. The predicted octanol–water partition coefficient (Wildman–Crippen LogP) is 2.87. The van der Waals surface area contributed by atoms with Crippen LogP contribution < -0.4 is 5.73 Å². The summed E-state index contributed by atoms with van der Waals surface area (Å²) in [7, 11) is 0. The molecule has 2 aromatic rings. The van der Waals surface area contributed by atoms with E-state index in [1.54, 1.807) is 6.92 Å². The lowest BCUT2D eigenvalue weighted by atomic mass is 10.2. The van der Waals surface area contributed by atoms with Gasteiger partial charge in [0.15, 0.2) is 11.5 Å². The molecule has 8 heteroatoms. The number of hydrogen-bond acceptors (Lipinski definition) is 4. The van der Waals surface area contributed by atoms with Crippen molar-refractivity contribution in [1.82, 2.24) is 9.55 Å². The minimum Gasteiger partial charge on any atom is -0.461 e. The first-order valence-electron chi connectivity index (χ1n) is 6.03. The average molecular weight is 316 g/mol. The number of rotatable bonds is 3. The van der Waals surface area contributed by atoms with Crippen molar-refractivity contribution in [2.75, 3.05) is 12.3 Å². The van der Waals surface area contributed by atoms with E-state index < -0.39 is 17.6 Å². The zero-order chi connectivity index (χ0) is 15.7. The van der Waals surface area contributed by atoms with E-state index in [-0.39, 0.29) is 34.7 Å². The fraction of sp³-hybridized carbons (Fsp3) is 0.231. The van der Waals surface area contributed by atoms with Gasteiger partial charge in [0, 0.05) is 6.07 Å². The highest BCUT2D eigenvalue weighted by atomic mass is 35.5. The third-order valence-corrected chi connectivity index (χ3v) is 3.04. The lowest BCUT2D eigenvalue weighted by Crippen LogP contribution is -2.10. The third-order valence-electron chi connectivity index (χ3n) is 2.75. The minimum absolute atomic E-state index is 0.127. The van der Waals surface area contributed by atoms with Crippen molar-refractivity contribution in [3.8, 4) is 5.69 Å². The number of aryl methyl sites for hydroxylation is 1. The Morgan fingerprint density at radius 2 is 2.14 bits per heavy atom. The van der Waals surface area contributed by atoms with Crippen LogP contribution in [-0.4, -0.2) is 22.1 Å². The van der Waals surface area contributed by atoms with E-state index in [2.05, 4.69) is 4.98 Å². The number of anilines is 1. The Bertz CT molecular complexity index is 693. The molecule has 0 unspecified atom stereocenters. The molecule has 0 radical (unpaired) electrons. The number of aromatic nitrogens is 2. The Morgan fingerprint density at radius 1 is 1.48 bits per heavy atom. The van der Waals surface area contributed by atoms with Crippen LogP contribution in [0.2, 0.25) is 5.02 Å². The second kappa shape index (κ2) is 5.69. The summed E-state index contributed by atoms with van der Waals surface area (Å²) in [6.45, 7) is 3.29. The molecule has 0 bridgehead atoms. The van der Waals surface area contributed by atoms with Crippen LogP contribution in [0.25, 0.3) is 5.69 Å². The van der Waals surface area contributed by atoms with Crippen LogP contribution in [0.15, 0.2) is 12.1 Å². The van der Waals surface area contributed by atoms with E-state index in [0.717, 1.165) is 10.6 Å². The summed E-state index contributed by atoms with van der Waals surface area (Å²) in [5.41, 5.74) is 5.51. The zero-order valence-corrected chi connectivity index (χ0v) is 12.0. The third kappa shape index (κ3) is 2.69.